The van der Waals surface area contributed by atoms with Crippen LogP contribution in [0.2, 0.25) is 0 Å². The Morgan fingerprint density at radius 3 is 2.10 bits per heavy atom. The summed E-state index contributed by atoms with van der Waals surface area (Å²) in [5.74, 6) is 0. The summed E-state index contributed by atoms with van der Waals surface area (Å²) in [4.78, 5) is 9.76. The molecule has 0 rings (SSSR count). The van der Waals surface area contributed by atoms with Crippen molar-refractivity contribution in [3.05, 3.63) is 0 Å². The Balaban J connectivity index is 3.80. The molecular formula is C5H10O5. The second-order valence-corrected chi connectivity index (χ2v) is 1.87. The zero-order valence-electron chi connectivity index (χ0n) is 5.21. The number of aliphatic hydroxyl groups excluding tert-OH is 4. The van der Waals surface area contributed by atoms with Crippen molar-refractivity contribution in [3.8, 4) is 0 Å². The van der Waals surface area contributed by atoms with Gasteiger partial charge in [-0.3, -0.25) is 0 Å². The van der Waals surface area contributed by atoms with E-state index in [9.17, 15) is 4.79 Å². The molecule has 3 atom stereocenters. The van der Waals surface area contributed by atoms with Crippen LogP contribution < -0.4 is 0 Å². The first-order valence-electron chi connectivity index (χ1n) is 2.73. The molecule has 0 bridgehead atoms. The highest BCUT2D eigenvalue weighted by Crippen LogP contribution is 1.96. The van der Waals surface area contributed by atoms with Crippen molar-refractivity contribution >= 4 is 6.29 Å². The average molecular weight is 151 g/mol. The molecular weight excluding hydrogens is 141 g/mol. The molecule has 0 amide bonds. The number of rotatable bonds is 4. The Kier molecular flexibility index (Phi) is 4.13. The van der Waals surface area contributed by atoms with E-state index in [1.807, 2.05) is 0 Å². The number of carbonyl (C=O) groups is 1. The van der Waals surface area contributed by atoms with Gasteiger partial charge in [-0.15, -0.1) is 0 Å². The van der Waals surface area contributed by atoms with Gasteiger partial charge in [0.05, 0.1) is 6.61 Å². The fraction of sp³-hybridized carbons (Fsp3) is 0.800. The molecule has 0 aromatic carbocycles. The molecule has 0 radical (unpaired) electrons. The first-order valence-corrected chi connectivity index (χ1v) is 2.73. The molecule has 0 aliphatic heterocycles. The Hall–Kier alpha value is -0.490. The van der Waals surface area contributed by atoms with Crippen molar-refractivity contribution in [1.82, 2.24) is 0 Å². The van der Waals surface area contributed by atoms with Crippen LogP contribution in [-0.2, 0) is 4.79 Å². The summed E-state index contributed by atoms with van der Waals surface area (Å²) in [6.45, 7) is -0.688. The van der Waals surface area contributed by atoms with Gasteiger partial charge in [-0.05, 0) is 0 Å². The zero-order valence-corrected chi connectivity index (χ0v) is 5.21. The molecule has 0 fully saturated rings. The van der Waals surface area contributed by atoms with E-state index in [0.29, 0.717) is 0 Å². The number of hydrogen-bond donors (Lipinski definition) is 4. The number of carbonyl (C=O) groups excluding carboxylic acids is 1. The summed E-state index contributed by atoms with van der Waals surface area (Å²) in [6.07, 6.45) is -4.63. The highest BCUT2D eigenvalue weighted by atomic mass is 16.4. The lowest BCUT2D eigenvalue weighted by Crippen LogP contribution is -2.40. The Labute approximate surface area is 57.5 Å². The molecule has 10 heavy (non-hydrogen) atoms. The van der Waals surface area contributed by atoms with Gasteiger partial charge in [0.15, 0.2) is 6.29 Å². The molecule has 0 aliphatic carbocycles. The van der Waals surface area contributed by atoms with Crippen molar-refractivity contribution in [2.45, 2.75) is 18.3 Å². The maximum absolute atomic E-state index is 9.76. The minimum atomic E-state index is -1.64. The summed E-state index contributed by atoms with van der Waals surface area (Å²) >= 11 is 0. The largest absolute Gasteiger partial charge is 0.394 e. The fourth-order valence-corrected chi connectivity index (χ4v) is 0.416. The van der Waals surface area contributed by atoms with Crippen molar-refractivity contribution in [2.75, 3.05) is 6.61 Å². The monoisotopic (exact) mass is 151 g/mol. The lowest BCUT2D eigenvalue weighted by atomic mass is 10.4. The van der Waals surface area contributed by atoms with E-state index in [1.54, 1.807) is 0 Å². The maximum Gasteiger partial charge on any atom is 0.151 e. The van der Waals surface area contributed by atoms with E-state index in [1.165, 1.54) is 0 Å². The lowest BCUT2D eigenvalue weighted by Gasteiger charge is -2.16. The first kappa shape index (κ1) is 9.51. The van der Waals surface area contributed by atoms with Crippen LogP contribution >= 0.6 is 0 Å². The lowest BCUT2D eigenvalue weighted by molar-refractivity contribution is -0.127. The number of hydrogen-bond acceptors (Lipinski definition) is 5. The van der Waals surface area contributed by atoms with Gasteiger partial charge in [0.25, 0.3) is 0 Å². The molecule has 60 valence electrons. The van der Waals surface area contributed by atoms with Crippen molar-refractivity contribution < 1.29 is 25.2 Å². The predicted molar refractivity (Wildman–Crippen MR) is 31.2 cm³/mol. The molecule has 0 aromatic rings. The summed E-state index contributed by atoms with van der Waals surface area (Å²) in [7, 11) is 0. The minimum Gasteiger partial charge on any atom is -0.394 e. The number of aliphatic hydroxyl groups is 4. The van der Waals surface area contributed by atoms with Gasteiger partial charge in [0.2, 0.25) is 0 Å². The van der Waals surface area contributed by atoms with Crippen LogP contribution in [0.5, 0.6) is 0 Å². The third-order valence-corrected chi connectivity index (χ3v) is 1.07. The van der Waals surface area contributed by atoms with Gasteiger partial charge in [0, 0.05) is 0 Å². The fourth-order valence-electron chi connectivity index (χ4n) is 0.416. The molecule has 0 aromatic heterocycles. The van der Waals surface area contributed by atoms with Gasteiger partial charge < -0.3 is 25.2 Å². The molecule has 0 unspecified atom stereocenters. The second kappa shape index (κ2) is 4.35. The van der Waals surface area contributed by atoms with E-state index in [0.717, 1.165) is 0 Å². The van der Waals surface area contributed by atoms with Crippen LogP contribution in [0.4, 0.5) is 0 Å². The van der Waals surface area contributed by atoms with Crippen molar-refractivity contribution in [2.24, 2.45) is 0 Å². The summed E-state index contributed by atoms with van der Waals surface area (Å²) < 4.78 is 0. The highest BCUT2D eigenvalue weighted by molar-refractivity contribution is 5.56. The van der Waals surface area contributed by atoms with Crippen LogP contribution in [0.1, 0.15) is 0 Å². The molecule has 5 heteroatoms. The standard InChI is InChI=1S/C5H10O5/c6-1-3(8)5(10)4(9)2-7/h1,3-5,7-10H,2H2/t3-,4-,5-/m1/s1/i5+1. The van der Waals surface area contributed by atoms with Crippen LogP contribution in [0, 0.1) is 0 Å². The number of aldehydes is 1. The zero-order chi connectivity index (χ0) is 8.15. The third kappa shape index (κ3) is 2.40. The molecule has 0 saturated carbocycles. The Morgan fingerprint density at radius 2 is 1.80 bits per heavy atom. The van der Waals surface area contributed by atoms with Gasteiger partial charge in [-0.25, -0.2) is 0 Å². The van der Waals surface area contributed by atoms with Crippen LogP contribution in [0.15, 0.2) is 0 Å². The Bertz CT molecular complexity index is 104. The molecule has 5 nitrogen and oxygen atoms in total. The van der Waals surface area contributed by atoms with E-state index in [4.69, 9.17) is 20.4 Å². The Morgan fingerprint density at radius 1 is 1.30 bits per heavy atom. The first-order chi connectivity index (χ1) is 4.63. The van der Waals surface area contributed by atoms with Crippen LogP contribution in [-0.4, -0.2) is 51.6 Å². The summed E-state index contributed by atoms with van der Waals surface area (Å²) in [5.41, 5.74) is 0. The van der Waals surface area contributed by atoms with E-state index >= 15 is 0 Å². The molecule has 0 spiro atoms. The van der Waals surface area contributed by atoms with E-state index < -0.39 is 24.9 Å². The molecule has 0 aliphatic rings. The second-order valence-electron chi connectivity index (χ2n) is 1.87. The quantitative estimate of drug-likeness (QED) is 0.258. The van der Waals surface area contributed by atoms with Gasteiger partial charge in [0.1, 0.15) is 18.3 Å². The van der Waals surface area contributed by atoms with E-state index in [2.05, 4.69) is 0 Å². The third-order valence-electron chi connectivity index (χ3n) is 1.07. The summed E-state index contributed by atoms with van der Waals surface area (Å²) in [6, 6.07) is 0. The van der Waals surface area contributed by atoms with Gasteiger partial charge in [-0.1, -0.05) is 0 Å². The highest BCUT2D eigenvalue weighted by Gasteiger charge is 2.22. The predicted octanol–water partition coefficient (Wildman–Crippen LogP) is -2.74. The van der Waals surface area contributed by atoms with Gasteiger partial charge in [-0.2, -0.15) is 0 Å². The SMILES string of the molecule is O=C[C@@H](O)[13C@@H](O)[C@H](O)CO. The minimum absolute atomic E-state index is 0.0869. The van der Waals surface area contributed by atoms with Gasteiger partial charge >= 0.3 is 0 Å². The summed E-state index contributed by atoms with van der Waals surface area (Å²) in [5, 5.41) is 34.1. The molecule has 0 saturated heterocycles. The molecule has 4 N–H and O–H groups in total. The maximum atomic E-state index is 9.76. The van der Waals surface area contributed by atoms with Crippen molar-refractivity contribution in [1.29, 1.82) is 0 Å². The van der Waals surface area contributed by atoms with Crippen LogP contribution in [0.3, 0.4) is 0 Å². The smallest absolute Gasteiger partial charge is 0.151 e. The van der Waals surface area contributed by atoms with Crippen molar-refractivity contribution in [3.63, 3.8) is 0 Å². The topological polar surface area (TPSA) is 98.0 Å². The average Bonchev–Trinajstić information content (AvgIpc) is 2.00. The molecule has 0 heterocycles. The normalized spacial score (nSPS) is 19.6. The van der Waals surface area contributed by atoms with E-state index in [-0.39, 0.29) is 6.29 Å². The van der Waals surface area contributed by atoms with Crippen LogP contribution in [0.25, 0.3) is 0 Å².